The minimum atomic E-state index is -3.00. The molecule has 1 N–H and O–H groups in total. The molecule has 0 spiro atoms. The molecule has 6 heteroatoms. The van der Waals surface area contributed by atoms with Gasteiger partial charge in [0.1, 0.15) is 0 Å². The normalized spacial score (nSPS) is 27.4. The number of hydrogen-bond donors (Lipinski definition) is 1. The number of sulfone groups is 1. The second kappa shape index (κ2) is 7.21. The van der Waals surface area contributed by atoms with Crippen LogP contribution in [-0.2, 0) is 20.0 Å². The second-order valence-corrected chi connectivity index (χ2v) is 11.0. The fourth-order valence-corrected chi connectivity index (χ4v) is 6.32. The molecule has 1 saturated carbocycles. The van der Waals surface area contributed by atoms with Gasteiger partial charge in [0.2, 0.25) is 5.91 Å². The molecule has 3 aliphatic rings. The summed E-state index contributed by atoms with van der Waals surface area (Å²) in [6.07, 6.45) is 4.92. The summed E-state index contributed by atoms with van der Waals surface area (Å²) in [5, 5.41) is 3.11. The Morgan fingerprint density at radius 3 is 2.37 bits per heavy atom. The molecule has 0 bridgehead atoms. The highest BCUT2D eigenvalue weighted by molar-refractivity contribution is 7.91. The number of nitrogens with zero attached hydrogens (tertiary/aromatic N) is 1. The average Bonchev–Trinajstić information content (AvgIpc) is 3.32. The molecule has 1 aromatic carbocycles. The molecule has 148 valence electrons. The maximum absolute atomic E-state index is 12.3. The number of piperidine rings is 1. The lowest BCUT2D eigenvalue weighted by molar-refractivity contribution is -0.125. The number of likely N-dealkylation sites (tertiary alicyclic amines) is 1. The average molecular weight is 391 g/mol. The monoisotopic (exact) mass is 390 g/mol. The summed E-state index contributed by atoms with van der Waals surface area (Å²) in [5.41, 5.74) is 3.11. The van der Waals surface area contributed by atoms with Gasteiger partial charge in [-0.2, -0.15) is 0 Å². The van der Waals surface area contributed by atoms with E-state index in [4.69, 9.17) is 0 Å². The first kappa shape index (κ1) is 18.9. The third kappa shape index (κ3) is 4.37. The third-order valence-electron chi connectivity index (χ3n) is 6.58. The molecule has 27 heavy (non-hydrogen) atoms. The van der Waals surface area contributed by atoms with Crippen LogP contribution >= 0.6 is 0 Å². The molecule has 1 unspecified atom stereocenters. The van der Waals surface area contributed by atoms with E-state index in [0.29, 0.717) is 11.8 Å². The van der Waals surface area contributed by atoms with Gasteiger partial charge >= 0.3 is 0 Å². The fourth-order valence-electron chi connectivity index (χ4n) is 4.58. The van der Waals surface area contributed by atoms with Crippen LogP contribution in [0.5, 0.6) is 0 Å². The first-order valence-corrected chi connectivity index (χ1v) is 12.0. The standard InChI is InChI=1S/C21H30N2O3S/c1-16-2-4-18(5-3-16)21(9-10-21)15-23-11-6-19(7-12-23)22-20(24)17-8-13-27(25,26)14-17/h2-5,17,19H,6-15H2,1H3,(H,22,24). The van der Waals surface area contributed by atoms with Gasteiger partial charge in [0.15, 0.2) is 9.84 Å². The van der Waals surface area contributed by atoms with Crippen LogP contribution < -0.4 is 5.32 Å². The van der Waals surface area contributed by atoms with E-state index >= 15 is 0 Å². The van der Waals surface area contributed by atoms with Crippen molar-refractivity contribution in [2.24, 2.45) is 5.92 Å². The predicted octanol–water partition coefficient (Wildman–Crippen LogP) is 2.04. The summed E-state index contributed by atoms with van der Waals surface area (Å²) in [5.74, 6) is -0.224. The molecule has 4 rings (SSSR count). The Bertz CT molecular complexity index is 791. The van der Waals surface area contributed by atoms with E-state index in [-0.39, 0.29) is 29.4 Å². The molecule has 3 fully saturated rings. The molecule has 0 aromatic heterocycles. The predicted molar refractivity (Wildman–Crippen MR) is 106 cm³/mol. The summed E-state index contributed by atoms with van der Waals surface area (Å²) in [6, 6.07) is 9.17. The number of rotatable bonds is 5. The van der Waals surface area contributed by atoms with Crippen LogP contribution in [0.3, 0.4) is 0 Å². The Morgan fingerprint density at radius 1 is 1.15 bits per heavy atom. The Kier molecular flexibility index (Phi) is 5.06. The highest BCUT2D eigenvalue weighted by Gasteiger charge is 2.45. The first-order valence-electron chi connectivity index (χ1n) is 10.2. The summed E-state index contributed by atoms with van der Waals surface area (Å²) >= 11 is 0. The van der Waals surface area contributed by atoms with Crippen molar-refractivity contribution in [3.05, 3.63) is 35.4 Å². The zero-order valence-corrected chi connectivity index (χ0v) is 16.9. The van der Waals surface area contributed by atoms with Crippen molar-refractivity contribution in [3.8, 4) is 0 Å². The Balaban J connectivity index is 1.26. The van der Waals surface area contributed by atoms with Gasteiger partial charge in [0.05, 0.1) is 17.4 Å². The van der Waals surface area contributed by atoms with E-state index in [1.807, 2.05) is 0 Å². The second-order valence-electron chi connectivity index (χ2n) is 8.81. The van der Waals surface area contributed by atoms with Crippen LogP contribution in [0.1, 0.15) is 43.2 Å². The van der Waals surface area contributed by atoms with Crippen molar-refractivity contribution >= 4 is 15.7 Å². The number of benzene rings is 1. The molecule has 0 radical (unpaired) electrons. The van der Waals surface area contributed by atoms with E-state index in [0.717, 1.165) is 32.5 Å². The molecule has 1 amide bonds. The van der Waals surface area contributed by atoms with Crippen LogP contribution in [0.15, 0.2) is 24.3 Å². The maximum atomic E-state index is 12.3. The third-order valence-corrected chi connectivity index (χ3v) is 8.35. The van der Waals surface area contributed by atoms with Crippen molar-refractivity contribution < 1.29 is 13.2 Å². The van der Waals surface area contributed by atoms with Crippen LogP contribution in [0.25, 0.3) is 0 Å². The highest BCUT2D eigenvalue weighted by Crippen LogP contribution is 2.49. The van der Waals surface area contributed by atoms with Crippen molar-refractivity contribution in [1.29, 1.82) is 0 Å². The Hall–Kier alpha value is -1.40. The zero-order chi connectivity index (χ0) is 19.1. The van der Waals surface area contributed by atoms with Crippen LogP contribution in [0, 0.1) is 12.8 Å². The molecule has 2 saturated heterocycles. The molecule has 2 heterocycles. The van der Waals surface area contributed by atoms with Crippen molar-refractivity contribution in [2.75, 3.05) is 31.1 Å². The van der Waals surface area contributed by atoms with Gasteiger partial charge < -0.3 is 10.2 Å². The van der Waals surface area contributed by atoms with Crippen molar-refractivity contribution in [1.82, 2.24) is 10.2 Å². The minimum absolute atomic E-state index is 0.0246. The van der Waals surface area contributed by atoms with Crippen molar-refractivity contribution in [2.45, 2.75) is 50.5 Å². The van der Waals surface area contributed by atoms with Gasteiger partial charge in [0, 0.05) is 31.1 Å². The number of carbonyl (C=O) groups is 1. The van der Waals surface area contributed by atoms with E-state index in [1.165, 1.54) is 24.0 Å². The lowest BCUT2D eigenvalue weighted by atomic mass is 9.93. The number of carbonyl (C=O) groups excluding carboxylic acids is 1. The molecule has 2 aliphatic heterocycles. The largest absolute Gasteiger partial charge is 0.353 e. The fraction of sp³-hybridized carbons (Fsp3) is 0.667. The number of amides is 1. The lowest BCUT2D eigenvalue weighted by Crippen LogP contribution is -2.48. The maximum Gasteiger partial charge on any atom is 0.224 e. The van der Waals surface area contributed by atoms with E-state index in [1.54, 1.807) is 0 Å². The van der Waals surface area contributed by atoms with Gasteiger partial charge in [-0.3, -0.25) is 4.79 Å². The molecule has 1 aromatic rings. The first-order chi connectivity index (χ1) is 12.9. The van der Waals surface area contributed by atoms with E-state index in [2.05, 4.69) is 41.4 Å². The zero-order valence-electron chi connectivity index (χ0n) is 16.1. The van der Waals surface area contributed by atoms with Gasteiger partial charge in [-0.25, -0.2) is 8.42 Å². The van der Waals surface area contributed by atoms with Gasteiger partial charge in [-0.1, -0.05) is 29.8 Å². The quantitative estimate of drug-likeness (QED) is 0.836. The molecule has 5 nitrogen and oxygen atoms in total. The van der Waals surface area contributed by atoms with E-state index < -0.39 is 9.84 Å². The summed E-state index contributed by atoms with van der Waals surface area (Å²) in [7, 11) is -3.00. The van der Waals surface area contributed by atoms with Gasteiger partial charge in [-0.15, -0.1) is 0 Å². The minimum Gasteiger partial charge on any atom is -0.353 e. The summed E-state index contributed by atoms with van der Waals surface area (Å²) < 4.78 is 23.1. The molecule has 1 aliphatic carbocycles. The smallest absolute Gasteiger partial charge is 0.224 e. The van der Waals surface area contributed by atoms with Crippen LogP contribution in [0.4, 0.5) is 0 Å². The number of hydrogen-bond acceptors (Lipinski definition) is 4. The Morgan fingerprint density at radius 2 is 1.81 bits per heavy atom. The lowest BCUT2D eigenvalue weighted by Gasteiger charge is -2.35. The van der Waals surface area contributed by atoms with Gasteiger partial charge in [-0.05, 0) is 44.6 Å². The SMILES string of the molecule is Cc1ccc(C2(CN3CCC(NC(=O)C4CCS(=O)(=O)C4)CC3)CC2)cc1. The number of aryl methyl sites for hydroxylation is 1. The van der Waals surface area contributed by atoms with Crippen molar-refractivity contribution in [3.63, 3.8) is 0 Å². The van der Waals surface area contributed by atoms with Gasteiger partial charge in [0.25, 0.3) is 0 Å². The number of nitrogens with one attached hydrogen (secondary N) is 1. The molecule has 1 atom stereocenters. The summed E-state index contributed by atoms with van der Waals surface area (Å²) in [4.78, 5) is 14.9. The topological polar surface area (TPSA) is 66.5 Å². The molecular formula is C21H30N2O3S. The van der Waals surface area contributed by atoms with Crippen LogP contribution in [-0.4, -0.2) is 56.4 Å². The highest BCUT2D eigenvalue weighted by atomic mass is 32.2. The molecular weight excluding hydrogens is 360 g/mol. The van der Waals surface area contributed by atoms with Crippen LogP contribution in [0.2, 0.25) is 0 Å². The Labute approximate surface area is 162 Å². The summed E-state index contributed by atoms with van der Waals surface area (Å²) in [6.45, 7) is 5.24. The van der Waals surface area contributed by atoms with E-state index in [9.17, 15) is 13.2 Å².